The third-order valence-corrected chi connectivity index (χ3v) is 2.75. The molecule has 0 aliphatic carbocycles. The number of hydrogen-bond donors (Lipinski definition) is 2. The van der Waals surface area contributed by atoms with Crippen molar-refractivity contribution in [2.24, 2.45) is 5.92 Å². The minimum atomic E-state index is 0.136. The van der Waals surface area contributed by atoms with Gasteiger partial charge in [-0.2, -0.15) is 0 Å². The van der Waals surface area contributed by atoms with Crippen LogP contribution in [0.25, 0.3) is 0 Å². The fourth-order valence-electron chi connectivity index (χ4n) is 1.48. The van der Waals surface area contributed by atoms with E-state index in [0.29, 0.717) is 6.54 Å². The van der Waals surface area contributed by atoms with E-state index in [-0.39, 0.29) is 11.8 Å². The maximum atomic E-state index is 11.5. The normalized spacial score (nSPS) is 15.8. The van der Waals surface area contributed by atoms with Crippen molar-refractivity contribution in [3.63, 3.8) is 0 Å². The third kappa shape index (κ3) is 2.33. The Morgan fingerprint density at radius 2 is 2.47 bits per heavy atom. The minimum absolute atomic E-state index is 0.136. The summed E-state index contributed by atoms with van der Waals surface area (Å²) in [4.78, 5) is 15.6. The second-order valence-electron chi connectivity index (χ2n) is 3.88. The molecule has 1 fully saturated rings. The van der Waals surface area contributed by atoms with Gasteiger partial charge < -0.3 is 10.6 Å². The fourth-order valence-corrected chi connectivity index (χ4v) is 1.48. The van der Waals surface area contributed by atoms with Gasteiger partial charge in [-0.3, -0.25) is 9.78 Å². The summed E-state index contributed by atoms with van der Waals surface area (Å²) < 4.78 is 0. The summed E-state index contributed by atoms with van der Waals surface area (Å²) in [6.45, 7) is 4.21. The van der Waals surface area contributed by atoms with Crippen LogP contribution in [0.2, 0.25) is 0 Å². The zero-order chi connectivity index (χ0) is 10.7. The van der Waals surface area contributed by atoms with Crippen molar-refractivity contribution in [2.45, 2.75) is 13.5 Å². The molecular formula is C11H15N3O. The molecular weight excluding hydrogens is 190 g/mol. The maximum absolute atomic E-state index is 11.5. The summed E-state index contributed by atoms with van der Waals surface area (Å²) in [5.74, 6) is 0.291. The molecule has 1 saturated heterocycles. The lowest BCUT2D eigenvalue weighted by Crippen LogP contribution is -2.50. The molecule has 0 aromatic carbocycles. The van der Waals surface area contributed by atoms with Gasteiger partial charge in [0.05, 0.1) is 5.92 Å². The quantitative estimate of drug-likeness (QED) is 0.742. The molecule has 1 aliphatic heterocycles. The molecule has 1 aromatic heterocycles. The number of rotatable bonds is 3. The number of hydrogen-bond acceptors (Lipinski definition) is 3. The van der Waals surface area contributed by atoms with Crippen LogP contribution in [-0.2, 0) is 11.3 Å². The lowest BCUT2D eigenvalue weighted by molar-refractivity contribution is -0.126. The molecule has 0 bridgehead atoms. The second kappa shape index (κ2) is 4.40. The molecule has 2 N–H and O–H groups in total. The lowest BCUT2D eigenvalue weighted by Gasteiger charge is -2.25. The van der Waals surface area contributed by atoms with E-state index >= 15 is 0 Å². The molecule has 80 valence electrons. The van der Waals surface area contributed by atoms with Gasteiger partial charge in [0.25, 0.3) is 0 Å². The topological polar surface area (TPSA) is 54.0 Å². The Hall–Kier alpha value is -1.42. The zero-order valence-corrected chi connectivity index (χ0v) is 8.79. The van der Waals surface area contributed by atoms with E-state index in [2.05, 4.69) is 15.6 Å². The Balaban J connectivity index is 1.87. The molecule has 0 spiro atoms. The molecule has 1 amide bonds. The molecule has 15 heavy (non-hydrogen) atoms. The Morgan fingerprint density at radius 1 is 1.67 bits per heavy atom. The van der Waals surface area contributed by atoms with Gasteiger partial charge in [-0.25, -0.2) is 0 Å². The van der Waals surface area contributed by atoms with Crippen LogP contribution in [-0.4, -0.2) is 24.0 Å². The first-order valence-corrected chi connectivity index (χ1v) is 5.15. The summed E-state index contributed by atoms with van der Waals surface area (Å²) in [5, 5.41) is 6.00. The Morgan fingerprint density at radius 3 is 3.07 bits per heavy atom. The highest BCUT2D eigenvalue weighted by Crippen LogP contribution is 2.06. The number of carbonyl (C=O) groups excluding carboxylic acids is 1. The number of carbonyl (C=O) groups is 1. The monoisotopic (exact) mass is 205 g/mol. The first-order chi connectivity index (χ1) is 7.27. The van der Waals surface area contributed by atoms with Crippen molar-refractivity contribution in [3.05, 3.63) is 29.6 Å². The van der Waals surface area contributed by atoms with E-state index < -0.39 is 0 Å². The minimum Gasteiger partial charge on any atom is -0.352 e. The summed E-state index contributed by atoms with van der Waals surface area (Å²) >= 11 is 0. The van der Waals surface area contributed by atoms with Gasteiger partial charge in [-0.05, 0) is 24.1 Å². The molecule has 0 unspecified atom stereocenters. The maximum Gasteiger partial charge on any atom is 0.225 e. The fraction of sp³-hybridized carbons (Fsp3) is 0.455. The number of aryl methyl sites for hydroxylation is 1. The first-order valence-electron chi connectivity index (χ1n) is 5.15. The Bertz CT molecular complexity index is 361. The summed E-state index contributed by atoms with van der Waals surface area (Å²) in [6, 6.07) is 1.95. The predicted octanol–water partition coefficient (Wildman–Crippen LogP) is 0.226. The summed E-state index contributed by atoms with van der Waals surface area (Å²) in [5.41, 5.74) is 2.25. The van der Waals surface area contributed by atoms with Crippen LogP contribution in [0, 0.1) is 12.8 Å². The van der Waals surface area contributed by atoms with E-state index in [1.165, 1.54) is 0 Å². The van der Waals surface area contributed by atoms with Gasteiger partial charge in [0.15, 0.2) is 0 Å². The molecule has 0 atom stereocenters. The number of pyridine rings is 1. The number of nitrogens with zero attached hydrogens (tertiary/aromatic N) is 1. The molecule has 1 aliphatic rings. The van der Waals surface area contributed by atoms with E-state index in [1.54, 1.807) is 12.4 Å². The first kappa shape index (κ1) is 10.1. The second-order valence-corrected chi connectivity index (χ2v) is 3.88. The number of nitrogens with one attached hydrogen (secondary N) is 2. The molecule has 4 heteroatoms. The van der Waals surface area contributed by atoms with Crippen molar-refractivity contribution in [1.82, 2.24) is 15.6 Å². The van der Waals surface area contributed by atoms with Crippen LogP contribution in [0.4, 0.5) is 0 Å². The van der Waals surface area contributed by atoms with Crippen molar-refractivity contribution < 1.29 is 4.79 Å². The summed E-state index contributed by atoms with van der Waals surface area (Å²) in [6.07, 6.45) is 3.56. The lowest BCUT2D eigenvalue weighted by atomic mass is 10.0. The van der Waals surface area contributed by atoms with Gasteiger partial charge in [0.2, 0.25) is 5.91 Å². The smallest absolute Gasteiger partial charge is 0.225 e. The third-order valence-electron chi connectivity index (χ3n) is 2.75. The Kier molecular flexibility index (Phi) is 2.97. The average Bonchev–Trinajstić information content (AvgIpc) is 2.14. The SMILES string of the molecule is Cc1ccncc1CNC(=O)C1CNC1. The highest BCUT2D eigenvalue weighted by Gasteiger charge is 2.24. The molecule has 2 heterocycles. The van der Waals surface area contributed by atoms with Gasteiger partial charge in [0.1, 0.15) is 0 Å². The molecule has 1 aromatic rings. The molecule has 0 saturated carbocycles. The van der Waals surface area contributed by atoms with E-state index in [0.717, 1.165) is 24.2 Å². The van der Waals surface area contributed by atoms with Crippen molar-refractivity contribution in [2.75, 3.05) is 13.1 Å². The highest BCUT2D eigenvalue weighted by molar-refractivity contribution is 5.79. The van der Waals surface area contributed by atoms with Gasteiger partial charge >= 0.3 is 0 Å². The van der Waals surface area contributed by atoms with Crippen LogP contribution in [0.1, 0.15) is 11.1 Å². The van der Waals surface area contributed by atoms with Crippen molar-refractivity contribution in [3.8, 4) is 0 Å². The Labute approximate surface area is 89.1 Å². The van der Waals surface area contributed by atoms with Crippen LogP contribution < -0.4 is 10.6 Å². The van der Waals surface area contributed by atoms with Gasteiger partial charge in [-0.1, -0.05) is 0 Å². The van der Waals surface area contributed by atoms with Crippen LogP contribution in [0.3, 0.4) is 0 Å². The average molecular weight is 205 g/mol. The van der Waals surface area contributed by atoms with Crippen molar-refractivity contribution >= 4 is 5.91 Å². The van der Waals surface area contributed by atoms with Gasteiger partial charge in [0, 0.05) is 32.0 Å². The van der Waals surface area contributed by atoms with Crippen LogP contribution >= 0.6 is 0 Å². The van der Waals surface area contributed by atoms with Crippen molar-refractivity contribution in [1.29, 1.82) is 0 Å². The summed E-state index contributed by atoms with van der Waals surface area (Å²) in [7, 11) is 0. The molecule has 4 nitrogen and oxygen atoms in total. The van der Waals surface area contributed by atoms with Crippen LogP contribution in [0.5, 0.6) is 0 Å². The molecule has 2 rings (SSSR count). The van der Waals surface area contributed by atoms with E-state index in [4.69, 9.17) is 0 Å². The zero-order valence-electron chi connectivity index (χ0n) is 8.79. The largest absolute Gasteiger partial charge is 0.352 e. The van der Waals surface area contributed by atoms with Gasteiger partial charge in [-0.15, -0.1) is 0 Å². The predicted molar refractivity (Wildman–Crippen MR) is 57.2 cm³/mol. The van der Waals surface area contributed by atoms with E-state index in [9.17, 15) is 4.79 Å². The molecule has 0 radical (unpaired) electrons. The van der Waals surface area contributed by atoms with Crippen LogP contribution in [0.15, 0.2) is 18.5 Å². The number of aromatic nitrogens is 1. The highest BCUT2D eigenvalue weighted by atomic mass is 16.2. The number of amides is 1. The standard InChI is InChI=1S/C11H15N3O/c1-8-2-3-12-4-9(8)7-14-11(15)10-5-13-6-10/h2-4,10,13H,5-7H2,1H3,(H,14,15). The van der Waals surface area contributed by atoms with E-state index in [1.807, 2.05) is 13.0 Å².